The highest BCUT2D eigenvalue weighted by molar-refractivity contribution is 6.32. The number of nitrogens with two attached hydrogens (primary N) is 1. The van der Waals surface area contributed by atoms with Gasteiger partial charge in [0.1, 0.15) is 0 Å². The van der Waals surface area contributed by atoms with Gasteiger partial charge in [0.05, 0.1) is 0 Å². The van der Waals surface area contributed by atoms with E-state index in [-0.39, 0.29) is 0 Å². The molecular formula is C12H15ClN2. The van der Waals surface area contributed by atoms with Crippen LogP contribution in [0.5, 0.6) is 0 Å². The van der Waals surface area contributed by atoms with Gasteiger partial charge < -0.3 is 5.73 Å². The monoisotopic (exact) mass is 222 g/mol. The first-order chi connectivity index (χ1) is 7.20. The first-order valence-corrected chi connectivity index (χ1v) is 5.24. The van der Waals surface area contributed by atoms with Crippen LogP contribution in [0.4, 0.5) is 0 Å². The number of hydrogen-bond donors (Lipinski definition) is 1. The fraction of sp³-hybridized carbons (Fsp3) is 0.250. The quantitative estimate of drug-likeness (QED) is 0.785. The van der Waals surface area contributed by atoms with Crippen LogP contribution in [0.15, 0.2) is 34.8 Å². The molecule has 0 atom stereocenters. The molecule has 0 saturated carbocycles. The second-order valence-corrected chi connectivity index (χ2v) is 3.57. The Bertz CT molecular complexity index is 394. The molecule has 15 heavy (non-hydrogen) atoms. The van der Waals surface area contributed by atoms with Gasteiger partial charge in [-0.15, -0.1) is 0 Å². The first kappa shape index (κ1) is 11.8. The van der Waals surface area contributed by atoms with Gasteiger partial charge in [-0.2, -0.15) is 0 Å². The molecule has 1 rings (SSSR count). The molecule has 0 radical (unpaired) electrons. The summed E-state index contributed by atoms with van der Waals surface area (Å²) in [7, 11) is 1.73. The number of benzene rings is 1. The lowest BCUT2D eigenvalue weighted by molar-refractivity contribution is 1.17. The Morgan fingerprint density at radius 3 is 2.67 bits per heavy atom. The average molecular weight is 223 g/mol. The van der Waals surface area contributed by atoms with Gasteiger partial charge in [0.15, 0.2) is 0 Å². The van der Waals surface area contributed by atoms with Crippen LogP contribution in [-0.4, -0.2) is 13.3 Å². The Balaban J connectivity index is 3.22. The summed E-state index contributed by atoms with van der Waals surface area (Å²) in [6, 6.07) is 7.56. The zero-order chi connectivity index (χ0) is 11.3. The largest absolute Gasteiger partial charge is 0.398 e. The summed E-state index contributed by atoms with van der Waals surface area (Å²) >= 11 is 6.06. The third-order valence-electron chi connectivity index (χ3n) is 2.18. The summed E-state index contributed by atoms with van der Waals surface area (Å²) in [5, 5.41) is 0.672. The number of rotatable bonds is 3. The van der Waals surface area contributed by atoms with E-state index in [9.17, 15) is 0 Å². The van der Waals surface area contributed by atoms with E-state index in [1.54, 1.807) is 13.3 Å². The van der Waals surface area contributed by atoms with Gasteiger partial charge in [-0.25, -0.2) is 0 Å². The van der Waals surface area contributed by atoms with E-state index in [0.29, 0.717) is 10.7 Å². The molecule has 0 aliphatic rings. The molecule has 0 aromatic heterocycles. The summed E-state index contributed by atoms with van der Waals surface area (Å²) < 4.78 is 0. The minimum Gasteiger partial charge on any atom is -0.398 e. The van der Waals surface area contributed by atoms with E-state index in [1.807, 2.05) is 31.2 Å². The Morgan fingerprint density at radius 1 is 1.47 bits per heavy atom. The van der Waals surface area contributed by atoms with Gasteiger partial charge in [0.25, 0.3) is 0 Å². The molecule has 2 N–H and O–H groups in total. The molecule has 80 valence electrons. The summed E-state index contributed by atoms with van der Waals surface area (Å²) in [6.07, 6.45) is 2.62. The van der Waals surface area contributed by atoms with Crippen molar-refractivity contribution >= 4 is 23.5 Å². The van der Waals surface area contributed by atoms with Crippen LogP contribution in [-0.2, 0) is 0 Å². The molecule has 2 nitrogen and oxygen atoms in total. The fourth-order valence-corrected chi connectivity index (χ4v) is 1.60. The van der Waals surface area contributed by atoms with Crippen molar-refractivity contribution in [2.45, 2.75) is 13.3 Å². The second kappa shape index (κ2) is 5.56. The molecule has 0 spiro atoms. The minimum atomic E-state index is 0.672. The van der Waals surface area contributed by atoms with Crippen LogP contribution in [0.25, 0.3) is 5.70 Å². The number of halogens is 1. The van der Waals surface area contributed by atoms with Gasteiger partial charge in [0, 0.05) is 29.5 Å². The third-order valence-corrected chi connectivity index (χ3v) is 2.51. The smallest absolute Gasteiger partial charge is 0.0499 e. The second-order valence-electron chi connectivity index (χ2n) is 3.16. The van der Waals surface area contributed by atoms with E-state index >= 15 is 0 Å². The fourth-order valence-electron chi connectivity index (χ4n) is 1.36. The van der Waals surface area contributed by atoms with E-state index < -0.39 is 0 Å². The van der Waals surface area contributed by atoms with Crippen molar-refractivity contribution in [2.75, 3.05) is 7.05 Å². The average Bonchev–Trinajstić information content (AvgIpc) is 2.25. The van der Waals surface area contributed by atoms with E-state index in [4.69, 9.17) is 17.3 Å². The predicted molar refractivity (Wildman–Crippen MR) is 67.3 cm³/mol. The molecule has 0 heterocycles. The Morgan fingerprint density at radius 2 is 2.13 bits per heavy atom. The SMILES string of the molecule is CC/C(C=NC)=C(/N)c1ccccc1Cl. The molecule has 0 aliphatic heterocycles. The maximum atomic E-state index is 6.06. The standard InChI is InChI=1S/C12H15ClN2/c1-3-9(8-15-2)12(14)10-6-4-5-7-11(10)13/h4-8H,3,14H2,1-2H3/b12-9-,15-8?. The van der Waals surface area contributed by atoms with Gasteiger partial charge in [-0.05, 0) is 18.1 Å². The number of nitrogens with zero attached hydrogens (tertiary/aromatic N) is 1. The van der Waals surface area contributed by atoms with Gasteiger partial charge in [0.2, 0.25) is 0 Å². The van der Waals surface area contributed by atoms with E-state index in [2.05, 4.69) is 4.99 Å². The molecule has 0 unspecified atom stereocenters. The van der Waals surface area contributed by atoms with E-state index in [0.717, 1.165) is 17.6 Å². The molecule has 1 aromatic rings. The van der Waals surface area contributed by atoms with Crippen molar-refractivity contribution in [2.24, 2.45) is 10.7 Å². The van der Waals surface area contributed by atoms with E-state index in [1.165, 1.54) is 0 Å². The normalized spacial score (nSPS) is 13.0. The molecule has 3 heteroatoms. The summed E-state index contributed by atoms with van der Waals surface area (Å²) in [5.41, 5.74) is 8.62. The van der Waals surface area contributed by atoms with Gasteiger partial charge in [-0.1, -0.05) is 36.7 Å². The number of hydrogen-bond acceptors (Lipinski definition) is 2. The maximum absolute atomic E-state index is 6.06. The Labute approximate surface area is 95.5 Å². The molecule has 0 bridgehead atoms. The minimum absolute atomic E-state index is 0.672. The molecule has 0 saturated heterocycles. The van der Waals surface area contributed by atoms with Crippen LogP contribution in [0.1, 0.15) is 18.9 Å². The van der Waals surface area contributed by atoms with Crippen molar-refractivity contribution in [3.05, 3.63) is 40.4 Å². The molecule has 0 amide bonds. The van der Waals surface area contributed by atoms with Crippen molar-refractivity contribution < 1.29 is 0 Å². The molecular weight excluding hydrogens is 208 g/mol. The first-order valence-electron chi connectivity index (χ1n) is 4.86. The van der Waals surface area contributed by atoms with Crippen LogP contribution in [0.3, 0.4) is 0 Å². The van der Waals surface area contributed by atoms with Gasteiger partial charge >= 0.3 is 0 Å². The predicted octanol–water partition coefficient (Wildman–Crippen LogP) is 3.12. The van der Waals surface area contributed by atoms with Crippen molar-refractivity contribution in [1.82, 2.24) is 0 Å². The Kier molecular flexibility index (Phi) is 4.37. The van der Waals surface area contributed by atoms with Crippen LogP contribution in [0.2, 0.25) is 5.02 Å². The molecule has 0 fully saturated rings. The topological polar surface area (TPSA) is 38.4 Å². The van der Waals surface area contributed by atoms with Crippen LogP contribution in [0, 0.1) is 0 Å². The van der Waals surface area contributed by atoms with Gasteiger partial charge in [-0.3, -0.25) is 4.99 Å². The summed E-state index contributed by atoms with van der Waals surface area (Å²) in [5.74, 6) is 0. The number of allylic oxidation sites excluding steroid dienone is 1. The molecule has 1 aromatic carbocycles. The van der Waals surface area contributed by atoms with Crippen molar-refractivity contribution in [1.29, 1.82) is 0 Å². The maximum Gasteiger partial charge on any atom is 0.0499 e. The lowest BCUT2D eigenvalue weighted by Crippen LogP contribution is -2.03. The van der Waals surface area contributed by atoms with Crippen molar-refractivity contribution in [3.8, 4) is 0 Å². The third kappa shape index (κ3) is 2.83. The number of aliphatic imine (C=N–C) groups is 1. The molecule has 0 aliphatic carbocycles. The zero-order valence-corrected chi connectivity index (χ0v) is 9.75. The van der Waals surface area contributed by atoms with Crippen molar-refractivity contribution in [3.63, 3.8) is 0 Å². The Hall–Kier alpha value is -1.28. The highest BCUT2D eigenvalue weighted by atomic mass is 35.5. The summed E-state index contributed by atoms with van der Waals surface area (Å²) in [6.45, 7) is 2.04. The van der Waals surface area contributed by atoms with Crippen LogP contribution < -0.4 is 5.73 Å². The zero-order valence-electron chi connectivity index (χ0n) is 9.00. The van der Waals surface area contributed by atoms with Crippen LogP contribution >= 0.6 is 11.6 Å². The highest BCUT2D eigenvalue weighted by Gasteiger charge is 2.05. The summed E-state index contributed by atoms with van der Waals surface area (Å²) in [4.78, 5) is 3.98. The lowest BCUT2D eigenvalue weighted by atomic mass is 10.1. The lowest BCUT2D eigenvalue weighted by Gasteiger charge is -2.07. The highest BCUT2D eigenvalue weighted by Crippen LogP contribution is 2.22.